The zero-order chi connectivity index (χ0) is 20.1. The van der Waals surface area contributed by atoms with Crippen LogP contribution in [0.15, 0.2) is 24.3 Å². The van der Waals surface area contributed by atoms with E-state index in [0.717, 1.165) is 43.7 Å². The average Bonchev–Trinajstić information content (AvgIpc) is 3.31. The van der Waals surface area contributed by atoms with Crippen LogP contribution in [0.25, 0.3) is 5.69 Å². The number of halogens is 1. The summed E-state index contributed by atoms with van der Waals surface area (Å²) >= 11 is 0. The highest BCUT2D eigenvalue weighted by Crippen LogP contribution is 2.24. The first-order valence-electron chi connectivity index (χ1n) is 10.4. The Morgan fingerprint density at radius 3 is 2.59 bits per heavy atom. The monoisotopic (exact) mass is 419 g/mol. The fraction of sp³-hybridized carbons (Fsp3) is 0.591. The van der Waals surface area contributed by atoms with E-state index < -0.39 is 0 Å². The summed E-state index contributed by atoms with van der Waals surface area (Å²) < 4.78 is 1.81. The molecule has 2 N–H and O–H groups in total. The maximum absolute atomic E-state index is 12.7. The molecule has 1 aliphatic heterocycles. The van der Waals surface area contributed by atoms with Crippen molar-refractivity contribution in [3.05, 3.63) is 41.2 Å². The second-order valence-corrected chi connectivity index (χ2v) is 8.75. The van der Waals surface area contributed by atoms with Crippen molar-refractivity contribution >= 4 is 18.3 Å². The van der Waals surface area contributed by atoms with Crippen LogP contribution in [-0.2, 0) is 11.8 Å². The Balaban J connectivity index is 0.00000300. The van der Waals surface area contributed by atoms with Crippen LogP contribution in [0.4, 0.5) is 0 Å². The number of nitrogens with one attached hydrogen (secondary N) is 2. The van der Waals surface area contributed by atoms with Crippen molar-refractivity contribution < 1.29 is 4.79 Å². The van der Waals surface area contributed by atoms with Crippen LogP contribution in [-0.4, -0.2) is 40.5 Å². The van der Waals surface area contributed by atoms with Crippen molar-refractivity contribution in [1.82, 2.24) is 25.6 Å². The zero-order valence-electron chi connectivity index (χ0n) is 18.0. The quantitative estimate of drug-likeness (QED) is 0.718. The van der Waals surface area contributed by atoms with Gasteiger partial charge in [0.25, 0.3) is 5.91 Å². The van der Waals surface area contributed by atoms with Crippen LogP contribution < -0.4 is 10.6 Å². The molecular weight excluding hydrogens is 386 g/mol. The Bertz CT molecular complexity index is 789. The van der Waals surface area contributed by atoms with Gasteiger partial charge in [-0.2, -0.15) is 0 Å². The SMILES string of the molecule is CCCc1c(C(=O)NCCC2CCNC2)nnn1-c1ccc(C(C)(C)C)cc1.Cl. The highest BCUT2D eigenvalue weighted by molar-refractivity contribution is 5.93. The standard InChI is InChI=1S/C22H33N5O.ClH/c1-5-6-19-20(21(28)24-14-12-16-11-13-23-15-16)25-26-27(19)18-9-7-17(8-10-18)22(2,3)4;/h7-10,16,23H,5-6,11-15H2,1-4H3,(H,24,28);1H. The molecule has 29 heavy (non-hydrogen) atoms. The van der Waals surface area contributed by atoms with E-state index >= 15 is 0 Å². The first kappa shape index (κ1) is 23.4. The predicted octanol–water partition coefficient (Wildman–Crippen LogP) is 3.67. The van der Waals surface area contributed by atoms with Gasteiger partial charge in [-0.15, -0.1) is 17.5 Å². The Morgan fingerprint density at radius 1 is 1.28 bits per heavy atom. The summed E-state index contributed by atoms with van der Waals surface area (Å²) in [6.07, 6.45) is 3.90. The van der Waals surface area contributed by atoms with Crippen molar-refractivity contribution in [3.63, 3.8) is 0 Å². The molecule has 160 valence electrons. The zero-order valence-corrected chi connectivity index (χ0v) is 18.8. The lowest BCUT2D eigenvalue weighted by molar-refractivity contribution is 0.0945. The fourth-order valence-corrected chi connectivity index (χ4v) is 3.68. The van der Waals surface area contributed by atoms with E-state index in [2.05, 4.69) is 72.9 Å². The number of rotatable bonds is 7. The van der Waals surface area contributed by atoms with Gasteiger partial charge in [-0.25, -0.2) is 4.68 Å². The number of benzene rings is 1. The lowest BCUT2D eigenvalue weighted by Gasteiger charge is -2.19. The van der Waals surface area contributed by atoms with E-state index in [-0.39, 0.29) is 23.7 Å². The maximum Gasteiger partial charge on any atom is 0.273 e. The van der Waals surface area contributed by atoms with E-state index in [9.17, 15) is 4.79 Å². The molecule has 2 heterocycles. The van der Waals surface area contributed by atoms with E-state index in [1.165, 1.54) is 12.0 Å². The smallest absolute Gasteiger partial charge is 0.273 e. The Kier molecular flexibility index (Phi) is 8.23. The van der Waals surface area contributed by atoms with Crippen LogP contribution in [0.1, 0.15) is 68.7 Å². The molecule has 1 amide bonds. The Hall–Kier alpha value is -1.92. The lowest BCUT2D eigenvalue weighted by atomic mass is 9.87. The van der Waals surface area contributed by atoms with Gasteiger partial charge in [-0.1, -0.05) is 51.5 Å². The molecule has 1 fully saturated rings. The minimum absolute atomic E-state index is 0. The predicted molar refractivity (Wildman–Crippen MR) is 119 cm³/mol. The van der Waals surface area contributed by atoms with Gasteiger partial charge >= 0.3 is 0 Å². The number of nitrogens with zero attached hydrogens (tertiary/aromatic N) is 3. The molecule has 7 heteroatoms. The minimum Gasteiger partial charge on any atom is -0.351 e. The molecule has 0 aliphatic carbocycles. The van der Waals surface area contributed by atoms with Crippen LogP contribution in [0.2, 0.25) is 0 Å². The molecule has 3 rings (SSSR count). The first-order valence-corrected chi connectivity index (χ1v) is 10.4. The summed E-state index contributed by atoms with van der Waals surface area (Å²) in [7, 11) is 0. The molecule has 0 radical (unpaired) electrons. The molecule has 1 aromatic heterocycles. The van der Waals surface area contributed by atoms with Crippen LogP contribution in [0.3, 0.4) is 0 Å². The molecular formula is C22H34ClN5O. The molecule has 1 saturated heterocycles. The van der Waals surface area contributed by atoms with Crippen molar-refractivity contribution in [2.24, 2.45) is 5.92 Å². The van der Waals surface area contributed by atoms with Crippen molar-refractivity contribution in [3.8, 4) is 5.69 Å². The lowest BCUT2D eigenvalue weighted by Crippen LogP contribution is -2.27. The van der Waals surface area contributed by atoms with E-state index in [0.29, 0.717) is 18.2 Å². The maximum atomic E-state index is 12.7. The molecule has 2 aromatic rings. The van der Waals surface area contributed by atoms with Crippen molar-refractivity contribution in [1.29, 1.82) is 0 Å². The molecule has 1 aliphatic rings. The number of hydrogen-bond acceptors (Lipinski definition) is 4. The van der Waals surface area contributed by atoms with Gasteiger partial charge < -0.3 is 10.6 Å². The van der Waals surface area contributed by atoms with Gasteiger partial charge in [0.1, 0.15) is 0 Å². The first-order chi connectivity index (χ1) is 13.4. The fourth-order valence-electron chi connectivity index (χ4n) is 3.68. The van der Waals surface area contributed by atoms with Gasteiger partial charge in [0.15, 0.2) is 5.69 Å². The summed E-state index contributed by atoms with van der Waals surface area (Å²) in [5.74, 6) is 0.541. The summed E-state index contributed by atoms with van der Waals surface area (Å²) in [6, 6.07) is 8.37. The highest BCUT2D eigenvalue weighted by atomic mass is 35.5. The summed E-state index contributed by atoms with van der Waals surface area (Å²) in [6.45, 7) is 11.5. The number of amides is 1. The number of hydrogen-bond donors (Lipinski definition) is 2. The summed E-state index contributed by atoms with van der Waals surface area (Å²) in [4.78, 5) is 12.7. The van der Waals surface area contributed by atoms with E-state index in [1.807, 2.05) is 4.68 Å². The van der Waals surface area contributed by atoms with Crippen LogP contribution in [0, 0.1) is 5.92 Å². The molecule has 1 atom stereocenters. The van der Waals surface area contributed by atoms with Gasteiger partial charge in [-0.3, -0.25) is 4.79 Å². The minimum atomic E-state index is -0.119. The average molecular weight is 420 g/mol. The molecule has 1 unspecified atom stereocenters. The highest BCUT2D eigenvalue weighted by Gasteiger charge is 2.21. The second-order valence-electron chi connectivity index (χ2n) is 8.75. The van der Waals surface area contributed by atoms with Crippen LogP contribution >= 0.6 is 12.4 Å². The summed E-state index contributed by atoms with van der Waals surface area (Å²) in [5.41, 5.74) is 3.65. The third-order valence-corrected chi connectivity index (χ3v) is 5.44. The number of carbonyl (C=O) groups is 1. The van der Waals surface area contributed by atoms with Gasteiger partial charge in [0.05, 0.1) is 11.4 Å². The van der Waals surface area contributed by atoms with E-state index in [1.54, 1.807) is 0 Å². The third-order valence-electron chi connectivity index (χ3n) is 5.44. The normalized spacial score (nSPS) is 16.5. The molecule has 0 saturated carbocycles. The largest absolute Gasteiger partial charge is 0.351 e. The van der Waals surface area contributed by atoms with Crippen LogP contribution in [0.5, 0.6) is 0 Å². The van der Waals surface area contributed by atoms with Gasteiger partial charge in [-0.05, 0) is 61.4 Å². The number of carbonyl (C=O) groups excluding carboxylic acids is 1. The second kappa shape index (κ2) is 10.2. The molecule has 0 bridgehead atoms. The van der Waals surface area contributed by atoms with Gasteiger partial charge in [0, 0.05) is 6.54 Å². The van der Waals surface area contributed by atoms with Gasteiger partial charge in [0.2, 0.25) is 0 Å². The Labute approximate surface area is 180 Å². The van der Waals surface area contributed by atoms with Crippen molar-refractivity contribution in [2.75, 3.05) is 19.6 Å². The Morgan fingerprint density at radius 2 is 2.00 bits per heavy atom. The molecule has 6 nitrogen and oxygen atoms in total. The molecule has 1 aromatic carbocycles. The summed E-state index contributed by atoms with van der Waals surface area (Å²) in [5, 5.41) is 14.9. The third kappa shape index (κ3) is 5.80. The van der Waals surface area contributed by atoms with E-state index in [4.69, 9.17) is 0 Å². The topological polar surface area (TPSA) is 71.8 Å². The van der Waals surface area contributed by atoms with Crippen molar-refractivity contribution in [2.45, 2.75) is 58.8 Å². The number of aromatic nitrogens is 3. The molecule has 0 spiro atoms.